The van der Waals surface area contributed by atoms with Gasteiger partial charge >= 0.3 is 0 Å². The standard InChI is InChI=1S/C19H21N3O3/c1-25-17-7-4-5-14(9-17)12-22-13-15(10-18(22)23)19(24)21-11-16-6-2-3-8-20-16/h2-9,15H,10-13H2,1H3,(H,21,24). The predicted octanol–water partition coefficient (Wildman–Crippen LogP) is 1.76. The van der Waals surface area contributed by atoms with E-state index in [1.165, 1.54) is 0 Å². The number of pyridine rings is 1. The zero-order chi connectivity index (χ0) is 17.6. The summed E-state index contributed by atoms with van der Waals surface area (Å²) in [5.74, 6) is 0.337. The van der Waals surface area contributed by atoms with Gasteiger partial charge in [0.25, 0.3) is 0 Å². The van der Waals surface area contributed by atoms with Gasteiger partial charge in [0.05, 0.1) is 25.3 Å². The topological polar surface area (TPSA) is 71.5 Å². The second-order valence-corrected chi connectivity index (χ2v) is 6.07. The van der Waals surface area contributed by atoms with Gasteiger partial charge < -0.3 is 15.0 Å². The van der Waals surface area contributed by atoms with Gasteiger partial charge in [0.15, 0.2) is 0 Å². The zero-order valence-corrected chi connectivity index (χ0v) is 14.1. The number of likely N-dealkylation sites (tertiary alicyclic amines) is 1. The van der Waals surface area contributed by atoms with Gasteiger partial charge in [0.2, 0.25) is 11.8 Å². The van der Waals surface area contributed by atoms with Crippen LogP contribution in [0.25, 0.3) is 0 Å². The average Bonchev–Trinajstić information content (AvgIpc) is 3.01. The van der Waals surface area contributed by atoms with Crippen LogP contribution in [0.4, 0.5) is 0 Å². The Morgan fingerprint density at radius 1 is 1.32 bits per heavy atom. The SMILES string of the molecule is COc1cccc(CN2CC(C(=O)NCc3ccccn3)CC2=O)c1. The summed E-state index contributed by atoms with van der Waals surface area (Å²) in [4.78, 5) is 30.4. The number of hydrogen-bond donors (Lipinski definition) is 1. The lowest BCUT2D eigenvalue weighted by Gasteiger charge is -2.17. The van der Waals surface area contributed by atoms with Crippen LogP contribution in [0.2, 0.25) is 0 Å². The quantitative estimate of drug-likeness (QED) is 0.870. The normalized spacial score (nSPS) is 16.8. The molecule has 2 heterocycles. The summed E-state index contributed by atoms with van der Waals surface area (Å²) in [6, 6.07) is 13.2. The van der Waals surface area contributed by atoms with E-state index >= 15 is 0 Å². The van der Waals surface area contributed by atoms with Crippen molar-refractivity contribution >= 4 is 11.8 Å². The predicted molar refractivity (Wildman–Crippen MR) is 92.6 cm³/mol. The van der Waals surface area contributed by atoms with E-state index in [9.17, 15) is 9.59 Å². The van der Waals surface area contributed by atoms with E-state index in [2.05, 4.69) is 10.3 Å². The molecule has 2 aromatic rings. The molecular formula is C19H21N3O3. The third-order valence-corrected chi connectivity index (χ3v) is 4.26. The monoisotopic (exact) mass is 339 g/mol. The van der Waals surface area contributed by atoms with Gasteiger partial charge in [-0.1, -0.05) is 18.2 Å². The second-order valence-electron chi connectivity index (χ2n) is 6.07. The Labute approximate surface area is 146 Å². The number of nitrogens with zero attached hydrogens (tertiary/aromatic N) is 2. The Morgan fingerprint density at radius 3 is 2.96 bits per heavy atom. The Balaban J connectivity index is 1.55. The van der Waals surface area contributed by atoms with E-state index in [1.807, 2.05) is 42.5 Å². The van der Waals surface area contributed by atoms with Crippen LogP contribution in [0.15, 0.2) is 48.7 Å². The summed E-state index contributed by atoms with van der Waals surface area (Å²) < 4.78 is 5.21. The molecule has 0 bridgehead atoms. The second kappa shape index (κ2) is 7.79. The Bertz CT molecular complexity index is 749. The molecule has 1 unspecified atom stereocenters. The molecule has 2 amide bonds. The molecular weight excluding hydrogens is 318 g/mol. The maximum atomic E-state index is 12.3. The highest BCUT2D eigenvalue weighted by Crippen LogP contribution is 2.22. The van der Waals surface area contributed by atoms with Gasteiger partial charge in [-0.2, -0.15) is 0 Å². The number of amides is 2. The molecule has 0 saturated carbocycles. The van der Waals surface area contributed by atoms with E-state index in [0.29, 0.717) is 19.6 Å². The summed E-state index contributed by atoms with van der Waals surface area (Å²) in [5, 5.41) is 2.86. The fourth-order valence-corrected chi connectivity index (χ4v) is 2.92. The summed E-state index contributed by atoms with van der Waals surface area (Å²) in [7, 11) is 1.61. The van der Waals surface area contributed by atoms with Crippen LogP contribution in [-0.2, 0) is 22.7 Å². The first-order valence-electron chi connectivity index (χ1n) is 8.24. The van der Waals surface area contributed by atoms with Gasteiger partial charge in [-0.15, -0.1) is 0 Å². The van der Waals surface area contributed by atoms with E-state index in [1.54, 1.807) is 18.2 Å². The Hall–Kier alpha value is -2.89. The van der Waals surface area contributed by atoms with Crippen LogP contribution < -0.4 is 10.1 Å². The molecule has 1 N–H and O–H groups in total. The highest BCUT2D eigenvalue weighted by atomic mass is 16.5. The third kappa shape index (κ3) is 4.35. The number of hydrogen-bond acceptors (Lipinski definition) is 4. The molecule has 6 heteroatoms. The number of methoxy groups -OCH3 is 1. The summed E-state index contributed by atoms with van der Waals surface area (Å²) in [6.45, 7) is 1.30. The van der Waals surface area contributed by atoms with E-state index in [4.69, 9.17) is 4.74 Å². The molecule has 0 spiro atoms. The largest absolute Gasteiger partial charge is 0.497 e. The maximum Gasteiger partial charge on any atom is 0.225 e. The molecule has 1 saturated heterocycles. The van der Waals surface area contributed by atoms with Crippen molar-refractivity contribution in [1.82, 2.24) is 15.2 Å². The zero-order valence-electron chi connectivity index (χ0n) is 14.1. The summed E-state index contributed by atoms with van der Waals surface area (Å²) in [6.07, 6.45) is 1.94. The molecule has 1 fully saturated rings. The molecule has 6 nitrogen and oxygen atoms in total. The molecule has 0 radical (unpaired) electrons. The molecule has 1 atom stereocenters. The lowest BCUT2D eigenvalue weighted by Crippen LogP contribution is -2.32. The van der Waals surface area contributed by atoms with Crippen molar-refractivity contribution in [2.75, 3.05) is 13.7 Å². The lowest BCUT2D eigenvalue weighted by molar-refractivity contribution is -0.129. The number of carbonyl (C=O) groups excluding carboxylic acids is 2. The van der Waals surface area contributed by atoms with Crippen LogP contribution >= 0.6 is 0 Å². The summed E-state index contributed by atoms with van der Waals surface area (Å²) >= 11 is 0. The highest BCUT2D eigenvalue weighted by Gasteiger charge is 2.34. The molecule has 1 aromatic heterocycles. The van der Waals surface area contributed by atoms with E-state index in [-0.39, 0.29) is 24.2 Å². The maximum absolute atomic E-state index is 12.3. The Kier molecular flexibility index (Phi) is 5.28. The third-order valence-electron chi connectivity index (χ3n) is 4.26. The molecule has 130 valence electrons. The first kappa shape index (κ1) is 17.0. The minimum Gasteiger partial charge on any atom is -0.497 e. The van der Waals surface area contributed by atoms with E-state index in [0.717, 1.165) is 17.0 Å². The average molecular weight is 339 g/mol. The van der Waals surface area contributed by atoms with E-state index < -0.39 is 0 Å². The molecule has 25 heavy (non-hydrogen) atoms. The minimum atomic E-state index is -0.318. The van der Waals surface area contributed by atoms with Crippen LogP contribution in [-0.4, -0.2) is 35.4 Å². The first-order valence-corrected chi connectivity index (χ1v) is 8.24. The molecule has 1 aliphatic rings. The van der Waals surface area contributed by atoms with Crippen LogP contribution in [0.1, 0.15) is 17.7 Å². The number of aromatic nitrogens is 1. The molecule has 3 rings (SSSR count). The fourth-order valence-electron chi connectivity index (χ4n) is 2.92. The molecule has 1 aromatic carbocycles. The van der Waals surface area contributed by atoms with Crippen molar-refractivity contribution in [3.05, 3.63) is 59.9 Å². The number of rotatable bonds is 6. The van der Waals surface area contributed by atoms with Crippen LogP contribution in [0.5, 0.6) is 5.75 Å². The number of ether oxygens (including phenoxy) is 1. The van der Waals surface area contributed by atoms with Crippen molar-refractivity contribution in [2.45, 2.75) is 19.5 Å². The van der Waals surface area contributed by atoms with Crippen molar-refractivity contribution in [3.8, 4) is 5.75 Å². The number of nitrogens with one attached hydrogen (secondary N) is 1. The smallest absolute Gasteiger partial charge is 0.225 e. The highest BCUT2D eigenvalue weighted by molar-refractivity contribution is 5.89. The number of benzene rings is 1. The van der Waals surface area contributed by atoms with Gasteiger partial charge in [0.1, 0.15) is 5.75 Å². The van der Waals surface area contributed by atoms with Crippen LogP contribution in [0.3, 0.4) is 0 Å². The fraction of sp³-hybridized carbons (Fsp3) is 0.316. The van der Waals surface area contributed by atoms with Gasteiger partial charge in [0, 0.05) is 25.7 Å². The minimum absolute atomic E-state index is 0.000746. The lowest BCUT2D eigenvalue weighted by atomic mass is 10.1. The Morgan fingerprint density at radius 2 is 2.20 bits per heavy atom. The van der Waals surface area contributed by atoms with Crippen molar-refractivity contribution in [1.29, 1.82) is 0 Å². The van der Waals surface area contributed by atoms with Gasteiger partial charge in [-0.25, -0.2) is 0 Å². The van der Waals surface area contributed by atoms with Gasteiger partial charge in [-0.05, 0) is 29.8 Å². The molecule has 1 aliphatic heterocycles. The van der Waals surface area contributed by atoms with Crippen LogP contribution in [0, 0.1) is 5.92 Å². The van der Waals surface area contributed by atoms with Crippen molar-refractivity contribution < 1.29 is 14.3 Å². The van der Waals surface area contributed by atoms with Gasteiger partial charge in [-0.3, -0.25) is 14.6 Å². The summed E-state index contributed by atoms with van der Waals surface area (Å²) in [5.41, 5.74) is 1.79. The first-order chi connectivity index (χ1) is 12.2. The molecule has 0 aliphatic carbocycles. The number of carbonyl (C=O) groups is 2. The van der Waals surface area contributed by atoms with Crippen molar-refractivity contribution in [2.24, 2.45) is 5.92 Å². The van der Waals surface area contributed by atoms with Crippen molar-refractivity contribution in [3.63, 3.8) is 0 Å².